The fourth-order valence-corrected chi connectivity index (χ4v) is 5.38. The molecule has 0 bridgehead atoms. The van der Waals surface area contributed by atoms with Crippen molar-refractivity contribution >= 4 is 28.6 Å². The number of pyridine rings is 1. The normalized spacial score (nSPS) is 13.7. The number of fused-ring (bicyclic) bond motifs is 1. The number of nitrogens with one attached hydrogen (secondary N) is 2. The molecule has 9 nitrogen and oxygen atoms in total. The van der Waals surface area contributed by atoms with Crippen molar-refractivity contribution in [1.29, 1.82) is 0 Å². The molecule has 40 heavy (non-hydrogen) atoms. The zero-order valence-electron chi connectivity index (χ0n) is 23.1. The van der Waals surface area contributed by atoms with Crippen molar-refractivity contribution in [3.8, 4) is 11.5 Å². The summed E-state index contributed by atoms with van der Waals surface area (Å²) in [4.78, 5) is 27.0. The van der Waals surface area contributed by atoms with Crippen LogP contribution in [-0.2, 0) is 13.0 Å². The van der Waals surface area contributed by atoms with Gasteiger partial charge in [-0.25, -0.2) is 14.8 Å². The molecule has 4 N–H and O–H groups in total. The molecule has 9 heteroatoms. The van der Waals surface area contributed by atoms with Gasteiger partial charge in [0.2, 0.25) is 0 Å². The van der Waals surface area contributed by atoms with E-state index < -0.39 is 0 Å². The van der Waals surface area contributed by atoms with Gasteiger partial charge in [-0.2, -0.15) is 0 Å². The van der Waals surface area contributed by atoms with E-state index in [1.54, 1.807) is 19.6 Å². The second-order valence-corrected chi connectivity index (χ2v) is 10.3. The molecule has 5 rings (SSSR count). The van der Waals surface area contributed by atoms with Crippen LogP contribution >= 0.6 is 0 Å². The molecule has 4 aromatic rings. The SMILES string of the molecule is COc1cc(N(C(=O)NCc2ccc3nc[nH]c3c2)C2CCCCC2)ccc1OCCCCc1ccnc(N)c1. The second kappa shape index (κ2) is 13.2. The largest absolute Gasteiger partial charge is 0.493 e. The number of amides is 2. The van der Waals surface area contributed by atoms with Crippen molar-refractivity contribution in [1.82, 2.24) is 20.3 Å². The Balaban J connectivity index is 1.23. The van der Waals surface area contributed by atoms with Crippen LogP contribution in [0.1, 0.15) is 56.1 Å². The number of urea groups is 1. The Labute approximate surface area is 235 Å². The van der Waals surface area contributed by atoms with Crippen LogP contribution < -0.4 is 25.4 Å². The summed E-state index contributed by atoms with van der Waals surface area (Å²) >= 11 is 0. The Kier molecular flexibility index (Phi) is 9.00. The van der Waals surface area contributed by atoms with Crippen LogP contribution in [0.2, 0.25) is 0 Å². The Bertz CT molecular complexity index is 1420. The summed E-state index contributed by atoms with van der Waals surface area (Å²) in [6.45, 7) is 1.01. The smallest absolute Gasteiger partial charge is 0.322 e. The first-order valence-corrected chi connectivity index (χ1v) is 14.1. The maximum atomic E-state index is 13.6. The Morgan fingerprint density at radius 3 is 2.73 bits per heavy atom. The van der Waals surface area contributed by atoms with Gasteiger partial charge in [-0.15, -0.1) is 0 Å². The van der Waals surface area contributed by atoms with E-state index in [0.29, 0.717) is 30.5 Å². The molecule has 0 aliphatic heterocycles. The number of H-pyrrole nitrogens is 1. The molecule has 1 fully saturated rings. The van der Waals surface area contributed by atoms with E-state index in [2.05, 4.69) is 20.3 Å². The summed E-state index contributed by atoms with van der Waals surface area (Å²) in [5.41, 5.74) is 10.6. The molecule has 0 saturated heterocycles. The zero-order chi connectivity index (χ0) is 27.7. The van der Waals surface area contributed by atoms with E-state index in [9.17, 15) is 4.79 Å². The highest BCUT2D eigenvalue weighted by atomic mass is 16.5. The number of ether oxygens (including phenoxy) is 2. The van der Waals surface area contributed by atoms with Crippen LogP contribution in [0.3, 0.4) is 0 Å². The fourth-order valence-electron chi connectivity index (χ4n) is 5.38. The number of aryl methyl sites for hydroxylation is 1. The molecule has 0 atom stereocenters. The van der Waals surface area contributed by atoms with Gasteiger partial charge in [0, 0.05) is 30.5 Å². The van der Waals surface area contributed by atoms with E-state index in [-0.39, 0.29) is 12.1 Å². The number of unbranched alkanes of at least 4 members (excludes halogenated alkanes) is 1. The van der Waals surface area contributed by atoms with E-state index in [4.69, 9.17) is 15.2 Å². The number of methoxy groups -OCH3 is 1. The van der Waals surface area contributed by atoms with Crippen molar-refractivity contribution < 1.29 is 14.3 Å². The molecule has 1 aliphatic carbocycles. The van der Waals surface area contributed by atoms with Gasteiger partial charge in [0.25, 0.3) is 0 Å². The molecule has 2 aromatic heterocycles. The number of aromatic amines is 1. The molecule has 2 aromatic carbocycles. The highest BCUT2D eigenvalue weighted by molar-refractivity contribution is 5.93. The topological polar surface area (TPSA) is 118 Å². The van der Waals surface area contributed by atoms with Gasteiger partial charge in [-0.1, -0.05) is 25.3 Å². The number of carbonyl (C=O) groups excluding carboxylic acids is 1. The molecule has 2 amide bonds. The maximum Gasteiger partial charge on any atom is 0.322 e. The number of rotatable bonds is 11. The van der Waals surface area contributed by atoms with Gasteiger partial charge in [0.15, 0.2) is 11.5 Å². The van der Waals surface area contributed by atoms with Crippen molar-refractivity contribution in [3.05, 3.63) is 72.2 Å². The quantitative estimate of drug-likeness (QED) is 0.200. The van der Waals surface area contributed by atoms with E-state index in [1.165, 1.54) is 12.0 Å². The van der Waals surface area contributed by atoms with Crippen LogP contribution in [0.4, 0.5) is 16.3 Å². The Morgan fingerprint density at radius 2 is 1.90 bits per heavy atom. The van der Waals surface area contributed by atoms with Crippen LogP contribution in [0, 0.1) is 0 Å². The van der Waals surface area contributed by atoms with E-state index in [0.717, 1.165) is 67.2 Å². The number of nitrogen functional groups attached to an aromatic ring is 1. The van der Waals surface area contributed by atoms with Gasteiger partial charge >= 0.3 is 6.03 Å². The van der Waals surface area contributed by atoms with E-state index >= 15 is 0 Å². The minimum Gasteiger partial charge on any atom is -0.493 e. The number of hydrogen-bond acceptors (Lipinski definition) is 6. The molecule has 0 unspecified atom stereocenters. The molecule has 1 aliphatic rings. The minimum atomic E-state index is -0.107. The lowest BCUT2D eigenvalue weighted by Crippen LogP contribution is -2.47. The number of hydrogen-bond donors (Lipinski definition) is 3. The lowest BCUT2D eigenvalue weighted by Gasteiger charge is -2.34. The Morgan fingerprint density at radius 1 is 1.02 bits per heavy atom. The summed E-state index contributed by atoms with van der Waals surface area (Å²) < 4.78 is 11.8. The number of anilines is 2. The van der Waals surface area contributed by atoms with Gasteiger partial charge in [-0.3, -0.25) is 4.90 Å². The summed E-state index contributed by atoms with van der Waals surface area (Å²) in [5.74, 6) is 1.85. The van der Waals surface area contributed by atoms with Gasteiger partial charge in [0.05, 0.1) is 31.1 Å². The summed E-state index contributed by atoms with van der Waals surface area (Å²) in [6.07, 6.45) is 11.6. The fraction of sp³-hybridized carbons (Fsp3) is 0.387. The average Bonchev–Trinajstić information content (AvgIpc) is 3.45. The van der Waals surface area contributed by atoms with Crippen molar-refractivity contribution in [2.45, 2.75) is 64.0 Å². The summed E-state index contributed by atoms with van der Waals surface area (Å²) in [5, 5.41) is 3.14. The maximum absolute atomic E-state index is 13.6. The van der Waals surface area contributed by atoms with Crippen LogP contribution in [-0.4, -0.2) is 40.7 Å². The van der Waals surface area contributed by atoms with Crippen molar-refractivity contribution in [2.24, 2.45) is 0 Å². The number of nitrogens with two attached hydrogens (primary N) is 1. The average molecular weight is 543 g/mol. The number of aromatic nitrogens is 3. The van der Waals surface area contributed by atoms with E-state index in [1.807, 2.05) is 53.4 Å². The highest BCUT2D eigenvalue weighted by Crippen LogP contribution is 2.35. The predicted octanol–water partition coefficient (Wildman–Crippen LogP) is 6.00. The number of imidazole rings is 1. The molecule has 0 radical (unpaired) electrons. The van der Waals surface area contributed by atoms with Crippen LogP contribution in [0.15, 0.2) is 61.1 Å². The molecule has 1 saturated carbocycles. The second-order valence-electron chi connectivity index (χ2n) is 10.3. The van der Waals surface area contributed by atoms with Crippen molar-refractivity contribution in [3.63, 3.8) is 0 Å². The third kappa shape index (κ3) is 6.83. The molecule has 210 valence electrons. The van der Waals surface area contributed by atoms with Crippen LogP contribution in [0.25, 0.3) is 11.0 Å². The summed E-state index contributed by atoms with van der Waals surface area (Å²) in [6, 6.07) is 15.7. The number of nitrogens with zero attached hydrogens (tertiary/aromatic N) is 3. The molecular formula is C31H38N6O3. The first kappa shape index (κ1) is 27.3. The lowest BCUT2D eigenvalue weighted by atomic mass is 9.94. The third-order valence-corrected chi connectivity index (χ3v) is 7.48. The van der Waals surface area contributed by atoms with Crippen LogP contribution in [0.5, 0.6) is 11.5 Å². The molecule has 0 spiro atoms. The first-order valence-electron chi connectivity index (χ1n) is 14.1. The van der Waals surface area contributed by atoms with Gasteiger partial charge < -0.3 is 25.5 Å². The third-order valence-electron chi connectivity index (χ3n) is 7.48. The standard InChI is InChI=1S/C31H38N6O3/c1-39-29-19-25(11-13-28(29)40-16-6-5-7-22-14-15-33-30(32)18-22)37(24-8-3-2-4-9-24)31(38)34-20-23-10-12-26-27(17-23)36-21-35-26/h10-15,17-19,21,24H,2-9,16,20H2,1H3,(H2,32,33)(H,34,38)(H,35,36). The lowest BCUT2D eigenvalue weighted by molar-refractivity contribution is 0.241. The van der Waals surface area contributed by atoms with Crippen molar-refractivity contribution in [2.75, 3.05) is 24.4 Å². The minimum absolute atomic E-state index is 0.107. The van der Waals surface area contributed by atoms with Gasteiger partial charge in [0.1, 0.15) is 5.82 Å². The highest BCUT2D eigenvalue weighted by Gasteiger charge is 2.27. The zero-order valence-corrected chi connectivity index (χ0v) is 23.1. The van der Waals surface area contributed by atoms with Gasteiger partial charge in [-0.05, 0) is 79.6 Å². The monoisotopic (exact) mass is 542 g/mol. The number of carbonyl (C=O) groups is 1. The number of benzene rings is 2. The predicted molar refractivity (Wildman–Crippen MR) is 158 cm³/mol. The summed E-state index contributed by atoms with van der Waals surface area (Å²) in [7, 11) is 1.64. The first-order chi connectivity index (χ1) is 19.6. The molecular weight excluding hydrogens is 504 g/mol. The molecule has 2 heterocycles. The Hall–Kier alpha value is -4.27.